The molecule has 0 aliphatic carbocycles. The van der Waals surface area contributed by atoms with Crippen molar-refractivity contribution in [2.24, 2.45) is 11.7 Å². The van der Waals surface area contributed by atoms with E-state index in [1.807, 2.05) is 6.92 Å². The summed E-state index contributed by atoms with van der Waals surface area (Å²) in [6, 6.07) is 6.86. The van der Waals surface area contributed by atoms with Crippen LogP contribution in [0.25, 0.3) is 0 Å². The van der Waals surface area contributed by atoms with Gasteiger partial charge in [-0.05, 0) is 59.8 Å². The van der Waals surface area contributed by atoms with E-state index in [2.05, 4.69) is 59.8 Å². The number of benzene rings is 1. The molecule has 1 rings (SSSR count). The molecule has 0 amide bonds. The highest BCUT2D eigenvalue weighted by molar-refractivity contribution is 9.10. The Labute approximate surface area is 132 Å². The number of nitrogens with zero attached hydrogens (tertiary/aromatic N) is 1. The average Bonchev–Trinajstić information content (AvgIpc) is 2.41. The quantitative estimate of drug-likeness (QED) is 0.749. The smallest absolute Gasteiger partial charge is 0.0510 e. The van der Waals surface area contributed by atoms with Crippen molar-refractivity contribution < 1.29 is 0 Å². The summed E-state index contributed by atoms with van der Waals surface area (Å²) in [6.45, 7) is 11.0. The van der Waals surface area contributed by atoms with Crippen molar-refractivity contribution in [3.05, 3.63) is 28.2 Å². The molecule has 1 atom stereocenters. The lowest BCUT2D eigenvalue weighted by atomic mass is 10.0. The molecule has 0 radical (unpaired) electrons. The largest absolute Gasteiger partial charge is 0.371 e. The van der Waals surface area contributed by atoms with E-state index in [1.54, 1.807) is 0 Å². The van der Waals surface area contributed by atoms with E-state index in [0.717, 1.165) is 25.4 Å². The van der Waals surface area contributed by atoms with Crippen LogP contribution < -0.4 is 10.6 Å². The number of halogens is 1. The SMILES string of the molecule is CCC(CC)CN(CC)c1ccc(CC(C)N)cc1Br. The summed E-state index contributed by atoms with van der Waals surface area (Å²) < 4.78 is 1.18. The molecule has 0 saturated heterocycles. The zero-order chi connectivity index (χ0) is 15.1. The molecule has 0 fully saturated rings. The summed E-state index contributed by atoms with van der Waals surface area (Å²) in [4.78, 5) is 2.47. The van der Waals surface area contributed by atoms with Crippen molar-refractivity contribution >= 4 is 21.6 Å². The topological polar surface area (TPSA) is 29.3 Å². The van der Waals surface area contributed by atoms with E-state index in [1.165, 1.54) is 28.6 Å². The van der Waals surface area contributed by atoms with Gasteiger partial charge in [-0.3, -0.25) is 0 Å². The van der Waals surface area contributed by atoms with Gasteiger partial charge in [0.15, 0.2) is 0 Å². The average molecular weight is 341 g/mol. The minimum atomic E-state index is 0.208. The molecule has 1 unspecified atom stereocenters. The highest BCUT2D eigenvalue weighted by Gasteiger charge is 2.13. The molecule has 0 saturated carbocycles. The second-order valence-corrected chi connectivity index (χ2v) is 6.54. The molecule has 0 spiro atoms. The highest BCUT2D eigenvalue weighted by atomic mass is 79.9. The number of nitrogens with two attached hydrogens (primary N) is 1. The molecule has 0 aliphatic rings. The first kappa shape index (κ1) is 17.5. The van der Waals surface area contributed by atoms with Crippen molar-refractivity contribution in [1.29, 1.82) is 0 Å². The minimum Gasteiger partial charge on any atom is -0.371 e. The second kappa shape index (κ2) is 8.68. The maximum Gasteiger partial charge on any atom is 0.0510 e. The first-order chi connectivity index (χ1) is 9.51. The summed E-state index contributed by atoms with van der Waals surface area (Å²) in [6.07, 6.45) is 3.42. The van der Waals surface area contributed by atoms with Gasteiger partial charge in [-0.15, -0.1) is 0 Å². The molecule has 1 aromatic rings. The van der Waals surface area contributed by atoms with E-state index in [-0.39, 0.29) is 6.04 Å². The Morgan fingerprint density at radius 2 is 1.85 bits per heavy atom. The zero-order valence-corrected chi connectivity index (χ0v) is 14.9. The van der Waals surface area contributed by atoms with Gasteiger partial charge in [-0.1, -0.05) is 32.8 Å². The molecule has 2 nitrogen and oxygen atoms in total. The third kappa shape index (κ3) is 5.10. The first-order valence-corrected chi connectivity index (χ1v) is 8.59. The van der Waals surface area contributed by atoms with Gasteiger partial charge < -0.3 is 10.6 Å². The first-order valence-electron chi connectivity index (χ1n) is 7.80. The Morgan fingerprint density at radius 3 is 2.30 bits per heavy atom. The van der Waals surface area contributed by atoms with Gasteiger partial charge in [0.05, 0.1) is 5.69 Å². The van der Waals surface area contributed by atoms with Crippen LogP contribution in [0, 0.1) is 5.92 Å². The Morgan fingerprint density at radius 1 is 1.20 bits per heavy atom. The van der Waals surface area contributed by atoms with Gasteiger partial charge in [-0.25, -0.2) is 0 Å². The molecule has 1 aromatic carbocycles. The molecule has 114 valence electrons. The molecule has 2 N–H and O–H groups in total. The van der Waals surface area contributed by atoms with Gasteiger partial charge in [0.2, 0.25) is 0 Å². The van der Waals surface area contributed by atoms with Crippen LogP contribution in [-0.2, 0) is 6.42 Å². The summed E-state index contributed by atoms with van der Waals surface area (Å²) >= 11 is 3.73. The Balaban J connectivity index is 2.87. The highest BCUT2D eigenvalue weighted by Crippen LogP contribution is 2.29. The molecule has 0 bridgehead atoms. The van der Waals surface area contributed by atoms with Crippen LogP contribution in [0.15, 0.2) is 22.7 Å². The Bertz CT molecular complexity index is 400. The standard InChI is InChI=1S/C17H29BrN2/c1-5-14(6-2)12-20(7-3)17-9-8-15(10-13(4)19)11-16(17)18/h8-9,11,13-14H,5-7,10,12,19H2,1-4H3. The number of hydrogen-bond acceptors (Lipinski definition) is 2. The van der Waals surface area contributed by atoms with Crippen LogP contribution in [0.5, 0.6) is 0 Å². The third-order valence-electron chi connectivity index (χ3n) is 3.93. The number of hydrogen-bond donors (Lipinski definition) is 1. The fraction of sp³-hybridized carbons (Fsp3) is 0.647. The fourth-order valence-electron chi connectivity index (χ4n) is 2.56. The lowest BCUT2D eigenvalue weighted by molar-refractivity contribution is 0.486. The van der Waals surface area contributed by atoms with E-state index in [9.17, 15) is 0 Å². The van der Waals surface area contributed by atoms with Gasteiger partial charge in [-0.2, -0.15) is 0 Å². The Hall–Kier alpha value is -0.540. The van der Waals surface area contributed by atoms with Gasteiger partial charge >= 0.3 is 0 Å². The zero-order valence-electron chi connectivity index (χ0n) is 13.3. The van der Waals surface area contributed by atoms with Crippen LogP contribution in [0.3, 0.4) is 0 Å². The van der Waals surface area contributed by atoms with Gasteiger partial charge in [0.25, 0.3) is 0 Å². The van der Waals surface area contributed by atoms with E-state index >= 15 is 0 Å². The normalized spacial score (nSPS) is 12.8. The lowest BCUT2D eigenvalue weighted by Crippen LogP contribution is -2.29. The fourth-order valence-corrected chi connectivity index (χ4v) is 3.24. The maximum atomic E-state index is 5.87. The molecule has 0 aromatic heterocycles. The van der Waals surface area contributed by atoms with Gasteiger partial charge in [0, 0.05) is 23.6 Å². The summed E-state index contributed by atoms with van der Waals surface area (Å²) in [7, 11) is 0. The minimum absolute atomic E-state index is 0.208. The van der Waals surface area contributed by atoms with Crippen molar-refractivity contribution in [1.82, 2.24) is 0 Å². The molecular weight excluding hydrogens is 312 g/mol. The van der Waals surface area contributed by atoms with Crippen LogP contribution in [0.2, 0.25) is 0 Å². The predicted molar refractivity (Wildman–Crippen MR) is 93.5 cm³/mol. The Kier molecular flexibility index (Phi) is 7.60. The van der Waals surface area contributed by atoms with Crippen molar-refractivity contribution in [2.45, 2.75) is 53.0 Å². The lowest BCUT2D eigenvalue weighted by Gasteiger charge is -2.28. The van der Waals surface area contributed by atoms with Crippen LogP contribution >= 0.6 is 15.9 Å². The van der Waals surface area contributed by atoms with Crippen LogP contribution in [0.4, 0.5) is 5.69 Å². The van der Waals surface area contributed by atoms with Crippen LogP contribution in [-0.4, -0.2) is 19.1 Å². The molecular formula is C17H29BrN2. The number of anilines is 1. The van der Waals surface area contributed by atoms with Crippen LogP contribution in [0.1, 0.15) is 46.1 Å². The molecule has 0 heterocycles. The van der Waals surface area contributed by atoms with E-state index < -0.39 is 0 Å². The van der Waals surface area contributed by atoms with Crippen molar-refractivity contribution in [3.8, 4) is 0 Å². The summed E-state index contributed by atoms with van der Waals surface area (Å²) in [5, 5.41) is 0. The third-order valence-corrected chi connectivity index (χ3v) is 4.56. The summed E-state index contributed by atoms with van der Waals surface area (Å²) in [5.41, 5.74) is 8.47. The molecule has 0 aliphatic heterocycles. The monoisotopic (exact) mass is 340 g/mol. The van der Waals surface area contributed by atoms with E-state index in [0.29, 0.717) is 0 Å². The van der Waals surface area contributed by atoms with Crippen molar-refractivity contribution in [3.63, 3.8) is 0 Å². The predicted octanol–water partition coefficient (Wildman–Crippen LogP) is 4.60. The second-order valence-electron chi connectivity index (χ2n) is 5.69. The van der Waals surface area contributed by atoms with E-state index in [4.69, 9.17) is 5.73 Å². The number of rotatable bonds is 8. The summed E-state index contributed by atoms with van der Waals surface area (Å²) in [5.74, 6) is 0.769. The maximum absolute atomic E-state index is 5.87. The van der Waals surface area contributed by atoms with Crippen molar-refractivity contribution in [2.75, 3.05) is 18.0 Å². The molecule has 3 heteroatoms. The van der Waals surface area contributed by atoms with Gasteiger partial charge in [0.1, 0.15) is 0 Å². The molecule has 20 heavy (non-hydrogen) atoms.